The molecule has 106 valence electrons. The summed E-state index contributed by atoms with van der Waals surface area (Å²) in [7, 11) is 0. The fourth-order valence-corrected chi connectivity index (χ4v) is 1.48. The second-order valence-corrected chi connectivity index (χ2v) is 3.82. The number of terminal acetylenes is 1. The highest BCUT2D eigenvalue weighted by Gasteiger charge is 2.35. The highest BCUT2D eigenvalue weighted by atomic mass is 19.4. The van der Waals surface area contributed by atoms with E-state index in [2.05, 4.69) is 0 Å². The molecule has 7 heteroatoms. The summed E-state index contributed by atoms with van der Waals surface area (Å²) < 4.78 is 38.2. The molecule has 2 N–H and O–H groups in total. The minimum atomic E-state index is -4.71. The number of amides is 1. The lowest BCUT2D eigenvalue weighted by Gasteiger charge is -2.15. The number of hydrogen-bond donors (Lipinski definition) is 2. The van der Waals surface area contributed by atoms with E-state index in [1.807, 2.05) is 11.2 Å². The average Bonchev–Trinajstić information content (AvgIpc) is 2.37. The number of carbonyl (C=O) groups is 2. The van der Waals surface area contributed by atoms with Gasteiger partial charge in [-0.05, 0) is 12.1 Å². The van der Waals surface area contributed by atoms with E-state index in [1.54, 1.807) is 0 Å². The third-order valence-electron chi connectivity index (χ3n) is 2.40. The van der Waals surface area contributed by atoms with Crippen molar-refractivity contribution in [2.75, 3.05) is 0 Å². The summed E-state index contributed by atoms with van der Waals surface area (Å²) in [4.78, 5) is 22.6. The number of carboxylic acids is 1. The number of nitrogens with one attached hydrogen (secondary N) is 1. The van der Waals surface area contributed by atoms with E-state index < -0.39 is 35.2 Å². The molecule has 0 heterocycles. The molecule has 0 saturated heterocycles. The van der Waals surface area contributed by atoms with Gasteiger partial charge in [-0.15, -0.1) is 12.3 Å². The Kier molecular flexibility index (Phi) is 4.75. The number of benzene rings is 1. The van der Waals surface area contributed by atoms with Gasteiger partial charge < -0.3 is 10.4 Å². The van der Waals surface area contributed by atoms with Gasteiger partial charge in [0.25, 0.3) is 5.91 Å². The van der Waals surface area contributed by atoms with Crippen molar-refractivity contribution in [2.45, 2.75) is 18.6 Å². The van der Waals surface area contributed by atoms with Crippen LogP contribution in [0.4, 0.5) is 13.2 Å². The molecule has 0 fully saturated rings. The molecule has 0 spiro atoms. The summed E-state index contributed by atoms with van der Waals surface area (Å²) >= 11 is 0. The minimum absolute atomic E-state index is 0.324. The number of halogens is 3. The van der Waals surface area contributed by atoms with Crippen LogP contribution in [0, 0.1) is 12.3 Å². The average molecular weight is 285 g/mol. The van der Waals surface area contributed by atoms with Crippen LogP contribution in [-0.2, 0) is 11.0 Å². The maximum absolute atomic E-state index is 12.7. The molecule has 1 amide bonds. The molecule has 1 aromatic carbocycles. The van der Waals surface area contributed by atoms with E-state index in [0.717, 1.165) is 18.2 Å². The van der Waals surface area contributed by atoms with Gasteiger partial charge in [-0.2, -0.15) is 13.2 Å². The molecular weight excluding hydrogens is 275 g/mol. The highest BCUT2D eigenvalue weighted by Crippen LogP contribution is 2.31. The lowest BCUT2D eigenvalue weighted by Crippen LogP contribution is -2.41. The Morgan fingerprint density at radius 3 is 2.45 bits per heavy atom. The second kappa shape index (κ2) is 6.10. The molecule has 0 aliphatic carbocycles. The molecule has 0 unspecified atom stereocenters. The second-order valence-electron chi connectivity index (χ2n) is 3.82. The summed E-state index contributed by atoms with van der Waals surface area (Å²) in [5.74, 6) is -0.521. The topological polar surface area (TPSA) is 66.4 Å². The van der Waals surface area contributed by atoms with Crippen molar-refractivity contribution in [3.8, 4) is 12.3 Å². The van der Waals surface area contributed by atoms with Crippen LogP contribution >= 0.6 is 0 Å². The maximum atomic E-state index is 12.7. The van der Waals surface area contributed by atoms with Crippen LogP contribution < -0.4 is 5.32 Å². The van der Waals surface area contributed by atoms with Crippen molar-refractivity contribution in [1.29, 1.82) is 0 Å². The Morgan fingerprint density at radius 2 is 1.95 bits per heavy atom. The lowest BCUT2D eigenvalue weighted by molar-refractivity contribution is -0.139. The van der Waals surface area contributed by atoms with Gasteiger partial charge in [0.15, 0.2) is 0 Å². The van der Waals surface area contributed by atoms with Crippen LogP contribution in [0.1, 0.15) is 22.3 Å². The third kappa shape index (κ3) is 3.75. The molecule has 1 atom stereocenters. The van der Waals surface area contributed by atoms with Crippen LogP contribution in [0.15, 0.2) is 24.3 Å². The Hall–Kier alpha value is -2.49. The van der Waals surface area contributed by atoms with Crippen LogP contribution in [0.5, 0.6) is 0 Å². The molecule has 0 radical (unpaired) electrons. The number of rotatable bonds is 4. The Balaban J connectivity index is 3.05. The van der Waals surface area contributed by atoms with Crippen molar-refractivity contribution in [1.82, 2.24) is 5.32 Å². The first-order valence-corrected chi connectivity index (χ1v) is 5.40. The van der Waals surface area contributed by atoms with E-state index in [9.17, 15) is 22.8 Å². The van der Waals surface area contributed by atoms with Gasteiger partial charge >= 0.3 is 12.1 Å². The normalized spacial score (nSPS) is 12.3. The Labute approximate surface area is 112 Å². The Bertz CT molecular complexity index is 561. The maximum Gasteiger partial charge on any atom is 0.417 e. The molecule has 4 nitrogen and oxygen atoms in total. The highest BCUT2D eigenvalue weighted by molar-refractivity contribution is 5.98. The summed E-state index contributed by atoms with van der Waals surface area (Å²) in [5.41, 5.74) is -1.79. The van der Waals surface area contributed by atoms with Gasteiger partial charge in [0.2, 0.25) is 0 Å². The van der Waals surface area contributed by atoms with Crippen molar-refractivity contribution in [2.24, 2.45) is 0 Å². The zero-order chi connectivity index (χ0) is 15.3. The van der Waals surface area contributed by atoms with Crippen LogP contribution in [0.25, 0.3) is 0 Å². The SMILES string of the molecule is C#CC[C@H](NC(=O)c1ccccc1C(F)(F)F)C(=O)O. The first kappa shape index (κ1) is 15.6. The van der Waals surface area contributed by atoms with Crippen molar-refractivity contribution >= 4 is 11.9 Å². The first-order chi connectivity index (χ1) is 9.27. The van der Waals surface area contributed by atoms with Crippen molar-refractivity contribution in [3.63, 3.8) is 0 Å². The van der Waals surface area contributed by atoms with Crippen molar-refractivity contribution in [3.05, 3.63) is 35.4 Å². The minimum Gasteiger partial charge on any atom is -0.480 e. The monoisotopic (exact) mass is 285 g/mol. The van der Waals surface area contributed by atoms with Crippen LogP contribution in [-0.4, -0.2) is 23.0 Å². The van der Waals surface area contributed by atoms with Gasteiger partial charge in [-0.1, -0.05) is 12.1 Å². The molecule has 0 aliphatic rings. The smallest absolute Gasteiger partial charge is 0.417 e. The number of aliphatic carboxylic acids is 1. The molecule has 20 heavy (non-hydrogen) atoms. The predicted octanol–water partition coefficient (Wildman–Crippen LogP) is 1.91. The van der Waals surface area contributed by atoms with Gasteiger partial charge in [-0.25, -0.2) is 4.79 Å². The van der Waals surface area contributed by atoms with E-state index in [1.165, 1.54) is 6.07 Å². The first-order valence-electron chi connectivity index (χ1n) is 5.40. The summed E-state index contributed by atoms with van der Waals surface area (Å²) in [6.07, 6.45) is -0.0976. The fraction of sp³-hybridized carbons (Fsp3) is 0.231. The molecule has 0 aliphatic heterocycles. The molecule has 0 bridgehead atoms. The fourth-order valence-electron chi connectivity index (χ4n) is 1.48. The van der Waals surface area contributed by atoms with Gasteiger partial charge in [0, 0.05) is 6.42 Å². The standard InChI is InChI=1S/C13H10F3NO3/c1-2-5-10(12(19)20)17-11(18)8-6-3-4-7-9(8)13(14,15)16/h1,3-4,6-7,10H,5H2,(H,17,18)(H,19,20)/t10-/m0/s1. The summed E-state index contributed by atoms with van der Waals surface area (Å²) in [5, 5.41) is 10.8. The van der Waals surface area contributed by atoms with Gasteiger partial charge in [0.1, 0.15) is 6.04 Å². The lowest BCUT2D eigenvalue weighted by atomic mass is 10.1. The zero-order valence-electron chi connectivity index (χ0n) is 10.1. The van der Waals surface area contributed by atoms with Crippen LogP contribution in [0.3, 0.4) is 0 Å². The molecular formula is C13H10F3NO3. The Morgan fingerprint density at radius 1 is 1.35 bits per heavy atom. The quantitative estimate of drug-likeness (QED) is 0.830. The van der Waals surface area contributed by atoms with E-state index in [0.29, 0.717) is 0 Å². The van der Waals surface area contributed by atoms with E-state index in [-0.39, 0.29) is 6.42 Å². The van der Waals surface area contributed by atoms with Gasteiger partial charge in [0.05, 0.1) is 11.1 Å². The molecule has 1 aromatic rings. The number of carboxylic acid groups (broad SMARTS) is 1. The van der Waals surface area contributed by atoms with Gasteiger partial charge in [-0.3, -0.25) is 4.79 Å². The number of hydrogen-bond acceptors (Lipinski definition) is 2. The molecule has 0 saturated carbocycles. The predicted molar refractivity (Wildman–Crippen MR) is 63.8 cm³/mol. The number of carbonyl (C=O) groups excluding carboxylic acids is 1. The van der Waals surface area contributed by atoms with Crippen LogP contribution in [0.2, 0.25) is 0 Å². The summed E-state index contributed by atoms with van der Waals surface area (Å²) in [6, 6.07) is 2.66. The van der Waals surface area contributed by atoms with E-state index in [4.69, 9.17) is 11.5 Å². The third-order valence-corrected chi connectivity index (χ3v) is 2.40. The molecule has 0 aromatic heterocycles. The largest absolute Gasteiger partial charge is 0.480 e. The van der Waals surface area contributed by atoms with E-state index >= 15 is 0 Å². The number of alkyl halides is 3. The summed E-state index contributed by atoms with van der Waals surface area (Å²) in [6.45, 7) is 0. The van der Waals surface area contributed by atoms with Crippen molar-refractivity contribution < 1.29 is 27.9 Å². The zero-order valence-corrected chi connectivity index (χ0v) is 10.1. The molecule has 1 rings (SSSR count).